The second-order valence-corrected chi connectivity index (χ2v) is 11.7. The summed E-state index contributed by atoms with van der Waals surface area (Å²) in [7, 11) is -3.84. The first kappa shape index (κ1) is 24.7. The van der Waals surface area contributed by atoms with Crippen LogP contribution in [-0.2, 0) is 16.4 Å². The molecule has 2 heterocycles. The van der Waals surface area contributed by atoms with Gasteiger partial charge in [0.25, 0.3) is 21.8 Å². The summed E-state index contributed by atoms with van der Waals surface area (Å²) < 4.78 is 28.4. The van der Waals surface area contributed by atoms with E-state index in [0.29, 0.717) is 27.8 Å². The molecule has 0 fully saturated rings. The highest BCUT2D eigenvalue weighted by atomic mass is 32.2. The van der Waals surface area contributed by atoms with Crippen LogP contribution in [0.1, 0.15) is 37.6 Å². The van der Waals surface area contributed by atoms with Crippen molar-refractivity contribution in [2.45, 2.75) is 24.7 Å². The molecule has 0 spiro atoms. The Kier molecular flexibility index (Phi) is 6.82. The molecule has 1 aliphatic heterocycles. The molecule has 2 amide bonds. The molecular weight excluding hydrogens is 506 g/mol. The molecule has 188 valence electrons. The van der Waals surface area contributed by atoms with Gasteiger partial charge in [-0.2, -0.15) is 0 Å². The van der Waals surface area contributed by atoms with E-state index in [1.165, 1.54) is 16.4 Å². The number of carbonyl (C=O) groups is 2. The zero-order chi connectivity index (χ0) is 26.0. The highest BCUT2D eigenvalue weighted by molar-refractivity contribution is 7.92. The van der Waals surface area contributed by atoms with Gasteiger partial charge in [-0.1, -0.05) is 42.0 Å². The molecule has 0 aliphatic carbocycles. The number of hydrogen-bond donors (Lipinski definition) is 2. The lowest BCUT2D eigenvalue weighted by Crippen LogP contribution is -2.35. The van der Waals surface area contributed by atoms with Gasteiger partial charge in [0.05, 0.1) is 20.5 Å². The van der Waals surface area contributed by atoms with Crippen molar-refractivity contribution < 1.29 is 18.0 Å². The first-order chi connectivity index (χ1) is 17.8. The lowest BCUT2D eigenvalue weighted by molar-refractivity contribution is 0.102. The normalized spacial score (nSPS) is 13.1. The first-order valence-electron chi connectivity index (χ1n) is 11.8. The highest BCUT2D eigenvalue weighted by Crippen LogP contribution is 2.32. The van der Waals surface area contributed by atoms with E-state index in [0.717, 1.165) is 35.3 Å². The Hall–Kier alpha value is -3.95. The van der Waals surface area contributed by atoms with E-state index in [-0.39, 0.29) is 16.4 Å². The van der Waals surface area contributed by atoms with E-state index < -0.39 is 15.9 Å². The molecule has 7 nitrogen and oxygen atoms in total. The molecule has 9 heteroatoms. The van der Waals surface area contributed by atoms with Gasteiger partial charge in [-0.15, -0.1) is 11.3 Å². The number of fused-ring (bicyclic) bond motifs is 1. The number of sulfonamides is 1. The monoisotopic (exact) mass is 531 g/mol. The number of carbonyl (C=O) groups excluding carboxylic acids is 2. The maximum Gasteiger partial charge on any atom is 0.265 e. The lowest BCUT2D eigenvalue weighted by atomic mass is 10.0. The molecule has 0 bridgehead atoms. The van der Waals surface area contributed by atoms with Crippen LogP contribution in [0.3, 0.4) is 0 Å². The minimum Gasteiger partial charge on any atom is -0.321 e. The lowest BCUT2D eigenvalue weighted by Gasteiger charge is -2.30. The third kappa shape index (κ3) is 5.28. The summed E-state index contributed by atoms with van der Waals surface area (Å²) in [6.07, 6.45) is 1.56. The van der Waals surface area contributed by atoms with E-state index in [9.17, 15) is 18.0 Å². The van der Waals surface area contributed by atoms with Crippen LogP contribution in [0.2, 0.25) is 0 Å². The topological polar surface area (TPSA) is 95.6 Å². The predicted molar refractivity (Wildman–Crippen MR) is 147 cm³/mol. The average molecular weight is 532 g/mol. The Labute approximate surface area is 219 Å². The average Bonchev–Trinajstić information content (AvgIpc) is 3.38. The summed E-state index contributed by atoms with van der Waals surface area (Å²) in [6.45, 7) is 2.36. The molecular formula is C28H25N3O4S2. The zero-order valence-electron chi connectivity index (χ0n) is 20.1. The molecule has 1 aliphatic rings. The van der Waals surface area contributed by atoms with E-state index in [1.807, 2.05) is 55.5 Å². The van der Waals surface area contributed by atoms with Crippen LogP contribution < -0.4 is 14.9 Å². The van der Waals surface area contributed by atoms with Gasteiger partial charge in [-0.3, -0.25) is 13.9 Å². The van der Waals surface area contributed by atoms with Gasteiger partial charge in [0, 0.05) is 17.8 Å². The minimum absolute atomic E-state index is 0.0567. The van der Waals surface area contributed by atoms with E-state index in [2.05, 4.69) is 10.6 Å². The number of thiophene rings is 1. The summed E-state index contributed by atoms with van der Waals surface area (Å²) in [4.78, 5) is 26.0. The van der Waals surface area contributed by atoms with Gasteiger partial charge >= 0.3 is 0 Å². The molecule has 37 heavy (non-hydrogen) atoms. The van der Waals surface area contributed by atoms with Crippen LogP contribution in [0.25, 0.3) is 0 Å². The molecule has 5 rings (SSSR count). The van der Waals surface area contributed by atoms with Crippen molar-refractivity contribution in [1.82, 2.24) is 0 Å². The van der Waals surface area contributed by atoms with Crippen LogP contribution in [0.5, 0.6) is 0 Å². The third-order valence-corrected chi connectivity index (χ3v) is 8.94. The van der Waals surface area contributed by atoms with Crippen LogP contribution in [-0.4, -0.2) is 26.8 Å². The highest BCUT2D eigenvalue weighted by Gasteiger charge is 2.29. The van der Waals surface area contributed by atoms with Crippen molar-refractivity contribution in [2.24, 2.45) is 0 Å². The number of hydrogen-bond acceptors (Lipinski definition) is 5. The van der Waals surface area contributed by atoms with Gasteiger partial charge in [0.15, 0.2) is 0 Å². The van der Waals surface area contributed by atoms with Crippen LogP contribution in [0, 0.1) is 6.92 Å². The Morgan fingerprint density at radius 1 is 0.865 bits per heavy atom. The van der Waals surface area contributed by atoms with E-state index in [4.69, 9.17) is 0 Å². The van der Waals surface area contributed by atoms with Gasteiger partial charge < -0.3 is 10.6 Å². The molecule has 1 aromatic heterocycles. The Morgan fingerprint density at radius 2 is 1.65 bits per heavy atom. The van der Waals surface area contributed by atoms with Gasteiger partial charge in [-0.05, 0) is 73.9 Å². The molecule has 0 unspecified atom stereocenters. The number of aryl methyl sites for hydroxylation is 2. The second kappa shape index (κ2) is 10.2. The molecule has 0 saturated carbocycles. The number of amides is 2. The van der Waals surface area contributed by atoms with E-state index in [1.54, 1.807) is 24.3 Å². The fraction of sp³-hybridized carbons (Fsp3) is 0.143. The number of anilines is 3. The quantitative estimate of drug-likeness (QED) is 0.334. The Bertz CT molecular complexity index is 1580. The first-order valence-corrected chi connectivity index (χ1v) is 14.1. The fourth-order valence-electron chi connectivity index (χ4n) is 4.21. The van der Waals surface area contributed by atoms with Crippen molar-refractivity contribution >= 4 is 49.6 Å². The molecule has 2 N–H and O–H groups in total. The summed E-state index contributed by atoms with van der Waals surface area (Å²) in [5, 5.41) is 6.09. The maximum absolute atomic E-state index is 13.5. The maximum atomic E-state index is 13.5. The molecule has 3 aromatic carbocycles. The van der Waals surface area contributed by atoms with Crippen molar-refractivity contribution in [3.05, 3.63) is 106 Å². The summed E-state index contributed by atoms with van der Waals surface area (Å²) >= 11 is 1.14. The van der Waals surface area contributed by atoms with Crippen LogP contribution >= 0.6 is 11.3 Å². The van der Waals surface area contributed by atoms with E-state index >= 15 is 0 Å². The SMILES string of the molecule is Cc1ccc(NC(=O)c2ccc(NC(=O)c3cccc(S(=O)(=O)N4CCCc5ccccc54)c3)s2)cc1. The predicted octanol–water partition coefficient (Wildman–Crippen LogP) is 5.70. The summed E-state index contributed by atoms with van der Waals surface area (Å²) in [5.74, 6) is -0.729. The fourth-order valence-corrected chi connectivity index (χ4v) is 6.60. The number of para-hydroxylation sites is 1. The zero-order valence-corrected chi connectivity index (χ0v) is 21.7. The van der Waals surface area contributed by atoms with Crippen molar-refractivity contribution in [3.63, 3.8) is 0 Å². The van der Waals surface area contributed by atoms with Gasteiger partial charge in [0.2, 0.25) is 0 Å². The standard InChI is InChI=1S/C28H25N3O4S2/c1-19-11-13-22(14-12-19)29-28(33)25-15-16-26(36-25)30-27(32)21-7-4-9-23(18-21)37(34,35)31-17-5-8-20-6-2-3-10-24(20)31/h2-4,6-7,9-16,18H,5,8,17H2,1H3,(H,29,33)(H,30,32). The minimum atomic E-state index is -3.84. The third-order valence-electron chi connectivity index (χ3n) is 6.13. The number of benzene rings is 3. The number of rotatable bonds is 6. The molecule has 0 saturated heterocycles. The largest absolute Gasteiger partial charge is 0.321 e. The molecule has 0 radical (unpaired) electrons. The van der Waals surface area contributed by atoms with Crippen molar-refractivity contribution in [3.8, 4) is 0 Å². The number of nitrogens with zero attached hydrogens (tertiary/aromatic N) is 1. The molecule has 0 atom stereocenters. The summed E-state index contributed by atoms with van der Waals surface area (Å²) in [5.41, 5.74) is 3.66. The van der Waals surface area contributed by atoms with Gasteiger partial charge in [0.1, 0.15) is 0 Å². The smallest absolute Gasteiger partial charge is 0.265 e. The second-order valence-electron chi connectivity index (χ2n) is 8.78. The number of nitrogens with one attached hydrogen (secondary N) is 2. The van der Waals surface area contributed by atoms with Crippen LogP contribution in [0.4, 0.5) is 16.4 Å². The van der Waals surface area contributed by atoms with Crippen molar-refractivity contribution in [1.29, 1.82) is 0 Å². The van der Waals surface area contributed by atoms with Gasteiger partial charge in [-0.25, -0.2) is 8.42 Å². The van der Waals surface area contributed by atoms with Crippen LogP contribution in [0.15, 0.2) is 89.8 Å². The molecule has 4 aromatic rings. The summed E-state index contributed by atoms with van der Waals surface area (Å²) in [6, 6.07) is 24.3. The Morgan fingerprint density at radius 3 is 2.46 bits per heavy atom. The Balaban J connectivity index is 1.31. The van der Waals surface area contributed by atoms with Crippen molar-refractivity contribution in [2.75, 3.05) is 21.5 Å².